The van der Waals surface area contributed by atoms with Gasteiger partial charge in [-0.15, -0.1) is 11.3 Å². The molecule has 0 fully saturated rings. The largest absolute Gasteiger partial charge is 0.319 e. The number of hydrogen-bond acceptors (Lipinski definition) is 2. The maximum Gasteiger partial charge on any atom is 0.266 e. The zero-order chi connectivity index (χ0) is 12.4. The second-order valence-corrected chi connectivity index (χ2v) is 5.73. The van der Waals surface area contributed by atoms with Crippen molar-refractivity contribution in [2.75, 3.05) is 5.32 Å². The third-order valence-electron chi connectivity index (χ3n) is 2.02. The molecule has 17 heavy (non-hydrogen) atoms. The highest BCUT2D eigenvalue weighted by atomic mass is 79.9. The first-order chi connectivity index (χ1) is 8.09. The predicted octanol–water partition coefficient (Wildman–Crippen LogP) is 5.07. The van der Waals surface area contributed by atoms with Crippen LogP contribution in [0.4, 0.5) is 5.69 Å². The van der Waals surface area contributed by atoms with Crippen molar-refractivity contribution in [2.24, 2.45) is 0 Å². The van der Waals surface area contributed by atoms with Gasteiger partial charge in [0.25, 0.3) is 5.91 Å². The lowest BCUT2D eigenvalue weighted by atomic mass is 10.3. The average molecular weight is 351 g/mol. The summed E-state index contributed by atoms with van der Waals surface area (Å²) < 4.78 is 0.753. The summed E-state index contributed by atoms with van der Waals surface area (Å²) in [6.07, 6.45) is 0. The average Bonchev–Trinajstić information content (AvgIpc) is 2.70. The molecular weight excluding hydrogens is 345 g/mol. The number of thiophene rings is 1. The zero-order valence-electron chi connectivity index (χ0n) is 8.34. The number of benzene rings is 1. The van der Waals surface area contributed by atoms with E-state index in [4.69, 9.17) is 23.2 Å². The lowest BCUT2D eigenvalue weighted by Gasteiger charge is -2.08. The molecule has 0 aliphatic rings. The molecule has 0 saturated heterocycles. The van der Waals surface area contributed by atoms with E-state index in [1.807, 2.05) is 11.4 Å². The van der Waals surface area contributed by atoms with Gasteiger partial charge in [-0.3, -0.25) is 4.79 Å². The minimum Gasteiger partial charge on any atom is -0.319 e. The number of halogens is 3. The highest BCUT2D eigenvalue weighted by Crippen LogP contribution is 2.31. The molecule has 1 aromatic carbocycles. The second kappa shape index (κ2) is 5.40. The molecule has 2 rings (SSSR count). The molecule has 6 heteroatoms. The molecule has 0 radical (unpaired) electrons. The van der Waals surface area contributed by atoms with Crippen molar-refractivity contribution in [1.82, 2.24) is 0 Å². The molecule has 0 atom stereocenters. The SMILES string of the molecule is O=C(Nc1c(Cl)cccc1Cl)c1sccc1Br. The number of carbonyl (C=O) groups excluding carboxylic acids is 1. The van der Waals surface area contributed by atoms with Gasteiger partial charge >= 0.3 is 0 Å². The van der Waals surface area contributed by atoms with E-state index in [1.54, 1.807) is 18.2 Å². The third kappa shape index (κ3) is 2.83. The van der Waals surface area contributed by atoms with Crippen molar-refractivity contribution in [2.45, 2.75) is 0 Å². The Morgan fingerprint density at radius 3 is 2.41 bits per heavy atom. The summed E-state index contributed by atoms with van der Waals surface area (Å²) in [4.78, 5) is 12.5. The zero-order valence-corrected chi connectivity index (χ0v) is 12.3. The molecule has 0 spiro atoms. The molecule has 0 unspecified atom stereocenters. The summed E-state index contributed by atoms with van der Waals surface area (Å²) in [5.74, 6) is -0.234. The Hall–Kier alpha value is -0.550. The summed E-state index contributed by atoms with van der Waals surface area (Å²) in [6.45, 7) is 0. The van der Waals surface area contributed by atoms with Gasteiger partial charge in [0.05, 0.1) is 15.7 Å². The van der Waals surface area contributed by atoms with Gasteiger partial charge in [-0.25, -0.2) is 0 Å². The lowest BCUT2D eigenvalue weighted by molar-refractivity contribution is 0.103. The van der Waals surface area contributed by atoms with E-state index in [9.17, 15) is 4.79 Å². The minimum absolute atomic E-state index is 0.234. The first kappa shape index (κ1) is 12.9. The summed E-state index contributed by atoms with van der Waals surface area (Å²) in [5.41, 5.74) is 0.432. The summed E-state index contributed by atoms with van der Waals surface area (Å²) in [7, 11) is 0. The smallest absolute Gasteiger partial charge is 0.266 e. The first-order valence-corrected chi connectivity index (χ1v) is 7.01. The first-order valence-electron chi connectivity index (χ1n) is 4.58. The van der Waals surface area contributed by atoms with Crippen LogP contribution in [0.25, 0.3) is 0 Å². The van der Waals surface area contributed by atoms with Gasteiger partial charge in [0.15, 0.2) is 0 Å². The van der Waals surface area contributed by atoms with Crippen LogP contribution in [0.15, 0.2) is 34.1 Å². The van der Waals surface area contributed by atoms with E-state index >= 15 is 0 Å². The molecule has 2 aromatic rings. The lowest BCUT2D eigenvalue weighted by Crippen LogP contribution is -2.11. The monoisotopic (exact) mass is 349 g/mol. The molecule has 88 valence electrons. The van der Waals surface area contributed by atoms with Gasteiger partial charge in [-0.2, -0.15) is 0 Å². The molecule has 1 aromatic heterocycles. The van der Waals surface area contributed by atoms with Crippen LogP contribution in [0.2, 0.25) is 10.0 Å². The number of amides is 1. The fourth-order valence-corrected chi connectivity index (χ4v) is 3.18. The molecular formula is C11H6BrCl2NOS. The van der Waals surface area contributed by atoms with Crippen LogP contribution < -0.4 is 5.32 Å². The van der Waals surface area contributed by atoms with Crippen LogP contribution in [0.5, 0.6) is 0 Å². The van der Waals surface area contributed by atoms with Crippen LogP contribution >= 0.6 is 50.5 Å². The molecule has 1 amide bonds. The molecule has 2 nitrogen and oxygen atoms in total. The maximum atomic E-state index is 12.0. The van der Waals surface area contributed by atoms with Gasteiger partial charge in [0, 0.05) is 4.47 Å². The summed E-state index contributed by atoms with van der Waals surface area (Å²) in [5, 5.41) is 5.36. The Morgan fingerprint density at radius 1 is 1.24 bits per heavy atom. The van der Waals surface area contributed by atoms with Crippen LogP contribution in [-0.4, -0.2) is 5.91 Å². The number of hydrogen-bond donors (Lipinski definition) is 1. The van der Waals surface area contributed by atoms with Crippen LogP contribution in [-0.2, 0) is 0 Å². The normalized spacial score (nSPS) is 10.3. The fourth-order valence-electron chi connectivity index (χ4n) is 1.24. The van der Waals surface area contributed by atoms with E-state index in [0.29, 0.717) is 20.6 Å². The Morgan fingerprint density at radius 2 is 1.88 bits per heavy atom. The van der Waals surface area contributed by atoms with E-state index in [2.05, 4.69) is 21.2 Å². The van der Waals surface area contributed by atoms with Gasteiger partial charge in [-0.1, -0.05) is 29.3 Å². The van der Waals surface area contributed by atoms with Crippen molar-refractivity contribution in [3.05, 3.63) is 49.0 Å². The molecule has 1 N–H and O–H groups in total. The molecule has 0 aliphatic heterocycles. The van der Waals surface area contributed by atoms with Gasteiger partial charge in [0.1, 0.15) is 4.88 Å². The molecule has 0 aliphatic carbocycles. The quantitative estimate of drug-likeness (QED) is 0.804. The Labute approximate surface area is 121 Å². The highest BCUT2D eigenvalue weighted by Gasteiger charge is 2.14. The second-order valence-electron chi connectivity index (χ2n) is 3.15. The van der Waals surface area contributed by atoms with E-state index in [1.165, 1.54) is 11.3 Å². The molecule has 0 bridgehead atoms. The van der Waals surface area contributed by atoms with E-state index < -0.39 is 0 Å². The Balaban J connectivity index is 2.28. The Kier molecular flexibility index (Phi) is 4.09. The standard InChI is InChI=1S/C11H6BrCl2NOS/c12-6-4-5-17-10(6)11(16)15-9-7(13)2-1-3-8(9)14/h1-5H,(H,15,16). The molecule has 0 saturated carbocycles. The van der Waals surface area contributed by atoms with E-state index in [-0.39, 0.29) is 5.91 Å². The molecule has 1 heterocycles. The van der Waals surface area contributed by atoms with Gasteiger partial charge in [0.2, 0.25) is 0 Å². The summed E-state index contributed by atoms with van der Waals surface area (Å²) in [6, 6.07) is 6.88. The number of carbonyl (C=O) groups is 1. The topological polar surface area (TPSA) is 29.1 Å². The van der Waals surface area contributed by atoms with E-state index in [0.717, 1.165) is 4.47 Å². The number of rotatable bonds is 2. The number of para-hydroxylation sites is 1. The summed E-state index contributed by atoms with van der Waals surface area (Å²) >= 11 is 16.6. The van der Waals surface area contributed by atoms with Crippen molar-refractivity contribution in [1.29, 1.82) is 0 Å². The number of nitrogens with one attached hydrogen (secondary N) is 1. The van der Waals surface area contributed by atoms with Crippen LogP contribution in [0.1, 0.15) is 9.67 Å². The van der Waals surface area contributed by atoms with Crippen molar-refractivity contribution < 1.29 is 4.79 Å². The van der Waals surface area contributed by atoms with Gasteiger partial charge < -0.3 is 5.32 Å². The Bertz CT molecular complexity index is 550. The third-order valence-corrected chi connectivity index (χ3v) is 4.49. The van der Waals surface area contributed by atoms with Gasteiger partial charge in [-0.05, 0) is 39.5 Å². The fraction of sp³-hybridized carbons (Fsp3) is 0. The van der Waals surface area contributed by atoms with Crippen molar-refractivity contribution >= 4 is 62.1 Å². The number of anilines is 1. The van der Waals surface area contributed by atoms with Crippen LogP contribution in [0, 0.1) is 0 Å². The maximum absolute atomic E-state index is 12.0. The minimum atomic E-state index is -0.234. The predicted molar refractivity (Wildman–Crippen MR) is 76.4 cm³/mol. The highest BCUT2D eigenvalue weighted by molar-refractivity contribution is 9.10. The van der Waals surface area contributed by atoms with Crippen LogP contribution in [0.3, 0.4) is 0 Å². The van der Waals surface area contributed by atoms with Crippen molar-refractivity contribution in [3.63, 3.8) is 0 Å². The van der Waals surface area contributed by atoms with Crippen molar-refractivity contribution in [3.8, 4) is 0 Å².